The molecule has 0 aliphatic carbocycles. The maximum Gasteiger partial charge on any atom is 0.262 e. The predicted molar refractivity (Wildman–Crippen MR) is 104 cm³/mol. The maximum absolute atomic E-state index is 12.9. The lowest BCUT2D eigenvalue weighted by molar-refractivity contribution is -0.121. The fraction of sp³-hybridized carbons (Fsp3) is 0.526. The number of amides is 1. The molecule has 1 fully saturated rings. The van der Waals surface area contributed by atoms with Crippen LogP contribution in [0.1, 0.15) is 5.82 Å². The van der Waals surface area contributed by atoms with E-state index in [1.807, 2.05) is 0 Å². The van der Waals surface area contributed by atoms with Gasteiger partial charge in [-0.2, -0.15) is 0 Å². The Morgan fingerprint density at radius 3 is 2.57 bits per heavy atom. The van der Waals surface area contributed by atoms with Crippen molar-refractivity contribution in [1.29, 1.82) is 0 Å². The molecular formula is C19H26N4O5. The largest absolute Gasteiger partial charge is 0.493 e. The van der Waals surface area contributed by atoms with E-state index < -0.39 is 0 Å². The second-order valence-electron chi connectivity index (χ2n) is 6.58. The number of benzene rings is 1. The molecule has 3 rings (SSSR count). The Morgan fingerprint density at radius 1 is 1.21 bits per heavy atom. The highest BCUT2D eigenvalue weighted by atomic mass is 16.5. The SMILES string of the molecule is COc1cc2nc(C)n(CC(=O)NCCN3CCOCC3)c(=O)c2cc1OC. The van der Waals surface area contributed by atoms with Gasteiger partial charge >= 0.3 is 0 Å². The molecule has 2 aromatic rings. The molecular weight excluding hydrogens is 364 g/mol. The van der Waals surface area contributed by atoms with Gasteiger partial charge < -0.3 is 19.5 Å². The number of hydrogen-bond acceptors (Lipinski definition) is 7. The lowest BCUT2D eigenvalue weighted by atomic mass is 10.2. The first-order valence-corrected chi connectivity index (χ1v) is 9.23. The molecule has 0 radical (unpaired) electrons. The van der Waals surface area contributed by atoms with Crippen molar-refractivity contribution in [2.24, 2.45) is 0 Å². The van der Waals surface area contributed by atoms with Gasteiger partial charge in [-0.3, -0.25) is 19.1 Å². The van der Waals surface area contributed by atoms with E-state index in [1.54, 1.807) is 19.1 Å². The first kappa shape index (κ1) is 20.1. The van der Waals surface area contributed by atoms with Crippen LogP contribution in [0.2, 0.25) is 0 Å². The molecule has 9 heteroatoms. The third kappa shape index (κ3) is 4.42. The van der Waals surface area contributed by atoms with E-state index >= 15 is 0 Å². The van der Waals surface area contributed by atoms with E-state index in [2.05, 4.69) is 15.2 Å². The molecule has 0 saturated carbocycles. The number of aryl methyl sites for hydroxylation is 1. The third-order valence-corrected chi connectivity index (χ3v) is 4.81. The summed E-state index contributed by atoms with van der Waals surface area (Å²) in [4.78, 5) is 31.9. The molecule has 1 saturated heterocycles. The van der Waals surface area contributed by atoms with Crippen molar-refractivity contribution in [3.05, 3.63) is 28.3 Å². The average molecular weight is 390 g/mol. The fourth-order valence-corrected chi connectivity index (χ4v) is 3.22. The maximum atomic E-state index is 12.9. The van der Waals surface area contributed by atoms with Crippen molar-refractivity contribution in [3.8, 4) is 11.5 Å². The molecule has 0 bridgehead atoms. The van der Waals surface area contributed by atoms with Gasteiger partial charge in [0.2, 0.25) is 5.91 Å². The number of fused-ring (bicyclic) bond motifs is 1. The molecule has 0 spiro atoms. The van der Waals surface area contributed by atoms with Gasteiger partial charge in [0.25, 0.3) is 5.56 Å². The topological polar surface area (TPSA) is 94.9 Å². The molecule has 28 heavy (non-hydrogen) atoms. The van der Waals surface area contributed by atoms with Crippen molar-refractivity contribution in [2.75, 3.05) is 53.6 Å². The van der Waals surface area contributed by atoms with Crippen LogP contribution in [-0.4, -0.2) is 74.0 Å². The van der Waals surface area contributed by atoms with Crippen LogP contribution < -0.4 is 20.3 Å². The lowest BCUT2D eigenvalue weighted by Gasteiger charge is -2.26. The van der Waals surface area contributed by atoms with E-state index in [0.29, 0.717) is 34.8 Å². The lowest BCUT2D eigenvalue weighted by Crippen LogP contribution is -2.42. The van der Waals surface area contributed by atoms with Gasteiger partial charge in [-0.25, -0.2) is 4.98 Å². The van der Waals surface area contributed by atoms with Crippen LogP contribution in [-0.2, 0) is 16.1 Å². The van der Waals surface area contributed by atoms with Crippen LogP contribution in [0.15, 0.2) is 16.9 Å². The molecule has 1 aliphatic rings. The van der Waals surface area contributed by atoms with Crippen molar-refractivity contribution >= 4 is 16.8 Å². The van der Waals surface area contributed by atoms with Crippen molar-refractivity contribution in [1.82, 2.24) is 19.8 Å². The minimum absolute atomic E-state index is 0.0783. The number of methoxy groups -OCH3 is 2. The van der Waals surface area contributed by atoms with Crippen LogP contribution in [0.4, 0.5) is 0 Å². The Hall–Kier alpha value is -2.65. The first-order chi connectivity index (χ1) is 13.5. The highest BCUT2D eigenvalue weighted by molar-refractivity contribution is 5.82. The number of hydrogen-bond donors (Lipinski definition) is 1. The van der Waals surface area contributed by atoms with Gasteiger partial charge in [-0.05, 0) is 13.0 Å². The Labute approximate surface area is 163 Å². The summed E-state index contributed by atoms with van der Waals surface area (Å²) in [5, 5.41) is 3.25. The Balaban J connectivity index is 1.73. The van der Waals surface area contributed by atoms with E-state index in [-0.39, 0.29) is 18.0 Å². The van der Waals surface area contributed by atoms with Gasteiger partial charge in [0.15, 0.2) is 11.5 Å². The number of ether oxygens (including phenoxy) is 3. The fourth-order valence-electron chi connectivity index (χ4n) is 3.22. The number of morpholine rings is 1. The van der Waals surface area contributed by atoms with Gasteiger partial charge in [-0.15, -0.1) is 0 Å². The second-order valence-corrected chi connectivity index (χ2v) is 6.58. The molecule has 152 valence electrons. The Kier molecular flexibility index (Phi) is 6.48. The van der Waals surface area contributed by atoms with Gasteiger partial charge in [0.1, 0.15) is 12.4 Å². The zero-order valence-electron chi connectivity index (χ0n) is 16.5. The summed E-state index contributed by atoms with van der Waals surface area (Å²) in [5.74, 6) is 1.19. The van der Waals surface area contributed by atoms with Crippen LogP contribution in [0.3, 0.4) is 0 Å². The molecule has 2 heterocycles. The molecule has 1 N–H and O–H groups in total. The Bertz CT molecular complexity index is 905. The number of rotatable bonds is 7. The zero-order valence-corrected chi connectivity index (χ0v) is 16.5. The summed E-state index contributed by atoms with van der Waals surface area (Å²) >= 11 is 0. The normalized spacial score (nSPS) is 14.8. The molecule has 1 aromatic heterocycles. The molecule has 1 aliphatic heterocycles. The van der Waals surface area contributed by atoms with E-state index in [0.717, 1.165) is 32.8 Å². The van der Waals surface area contributed by atoms with Crippen LogP contribution >= 0.6 is 0 Å². The molecule has 1 amide bonds. The summed E-state index contributed by atoms with van der Waals surface area (Å²) in [6.07, 6.45) is 0. The summed E-state index contributed by atoms with van der Waals surface area (Å²) in [6, 6.07) is 3.26. The standard InChI is InChI=1S/C19H26N4O5/c1-13-21-15-11-17(27-3)16(26-2)10-14(15)19(25)23(13)12-18(24)20-4-5-22-6-8-28-9-7-22/h10-11H,4-9,12H2,1-3H3,(H,20,24). The minimum atomic E-state index is -0.285. The number of carbonyl (C=O) groups is 1. The van der Waals surface area contributed by atoms with E-state index in [9.17, 15) is 9.59 Å². The van der Waals surface area contributed by atoms with Gasteiger partial charge in [-0.1, -0.05) is 0 Å². The molecule has 0 atom stereocenters. The zero-order chi connectivity index (χ0) is 20.1. The number of nitrogens with zero attached hydrogens (tertiary/aromatic N) is 3. The average Bonchev–Trinajstić information content (AvgIpc) is 2.71. The third-order valence-electron chi connectivity index (χ3n) is 4.81. The number of nitrogens with one attached hydrogen (secondary N) is 1. The van der Waals surface area contributed by atoms with Crippen LogP contribution in [0.5, 0.6) is 11.5 Å². The Morgan fingerprint density at radius 2 is 1.89 bits per heavy atom. The summed E-state index contributed by atoms with van der Waals surface area (Å²) in [6.45, 7) is 6.10. The highest BCUT2D eigenvalue weighted by Crippen LogP contribution is 2.30. The number of carbonyl (C=O) groups excluding carboxylic acids is 1. The summed E-state index contributed by atoms with van der Waals surface area (Å²) in [5.41, 5.74) is 0.218. The van der Waals surface area contributed by atoms with Crippen molar-refractivity contribution in [3.63, 3.8) is 0 Å². The number of aromatic nitrogens is 2. The van der Waals surface area contributed by atoms with E-state index in [1.165, 1.54) is 18.8 Å². The predicted octanol–water partition coefficient (Wildman–Crippen LogP) is 0.171. The highest BCUT2D eigenvalue weighted by Gasteiger charge is 2.15. The second kappa shape index (κ2) is 9.03. The van der Waals surface area contributed by atoms with Crippen LogP contribution in [0.25, 0.3) is 10.9 Å². The minimum Gasteiger partial charge on any atom is -0.493 e. The smallest absolute Gasteiger partial charge is 0.262 e. The molecule has 0 unspecified atom stereocenters. The van der Waals surface area contributed by atoms with Crippen molar-refractivity contribution < 1.29 is 19.0 Å². The molecule has 1 aromatic carbocycles. The van der Waals surface area contributed by atoms with Crippen LogP contribution in [0, 0.1) is 6.92 Å². The van der Waals surface area contributed by atoms with Crippen molar-refractivity contribution in [2.45, 2.75) is 13.5 Å². The van der Waals surface area contributed by atoms with Gasteiger partial charge in [0, 0.05) is 32.2 Å². The molecule has 9 nitrogen and oxygen atoms in total. The summed E-state index contributed by atoms with van der Waals surface area (Å²) in [7, 11) is 3.03. The summed E-state index contributed by atoms with van der Waals surface area (Å²) < 4.78 is 17.2. The first-order valence-electron chi connectivity index (χ1n) is 9.23. The van der Waals surface area contributed by atoms with Gasteiger partial charge in [0.05, 0.1) is 38.3 Å². The quantitative estimate of drug-likeness (QED) is 0.720. The van der Waals surface area contributed by atoms with E-state index in [4.69, 9.17) is 14.2 Å². The monoisotopic (exact) mass is 390 g/mol.